The Morgan fingerprint density at radius 1 is 1.32 bits per heavy atom. The minimum absolute atomic E-state index is 0.0656. The molecule has 1 aliphatic heterocycles. The monoisotopic (exact) mass is 342 g/mol. The largest absolute Gasteiger partial charge is 0.483 e. The average molecular weight is 342 g/mol. The summed E-state index contributed by atoms with van der Waals surface area (Å²) in [4.78, 5) is 16.1. The fraction of sp³-hybridized carbons (Fsp3) is 0.368. The zero-order valence-electron chi connectivity index (χ0n) is 14.7. The third-order valence-corrected chi connectivity index (χ3v) is 3.91. The number of hydrogen-bond acceptors (Lipinski definition) is 5. The van der Waals surface area contributed by atoms with Crippen LogP contribution < -0.4 is 19.5 Å². The molecule has 2 heterocycles. The van der Waals surface area contributed by atoms with Gasteiger partial charge in [-0.15, -0.1) is 0 Å². The third-order valence-electron chi connectivity index (χ3n) is 3.91. The van der Waals surface area contributed by atoms with E-state index in [1.54, 1.807) is 19.4 Å². The fourth-order valence-electron chi connectivity index (χ4n) is 2.73. The van der Waals surface area contributed by atoms with Gasteiger partial charge in [0.25, 0.3) is 5.91 Å². The summed E-state index contributed by atoms with van der Waals surface area (Å²) in [6.45, 7) is 4.39. The van der Waals surface area contributed by atoms with Crippen molar-refractivity contribution >= 4 is 5.91 Å². The first kappa shape index (κ1) is 17.1. The lowest BCUT2D eigenvalue weighted by Crippen LogP contribution is -2.28. The molecular weight excluding hydrogens is 320 g/mol. The molecule has 25 heavy (non-hydrogen) atoms. The van der Waals surface area contributed by atoms with Crippen LogP contribution in [0.5, 0.6) is 17.4 Å². The van der Waals surface area contributed by atoms with Crippen molar-refractivity contribution in [2.45, 2.75) is 32.4 Å². The van der Waals surface area contributed by atoms with E-state index in [1.165, 1.54) is 0 Å². The second-order valence-electron chi connectivity index (χ2n) is 6.56. The summed E-state index contributed by atoms with van der Waals surface area (Å²) in [5, 5.41) is 2.81. The van der Waals surface area contributed by atoms with Crippen LogP contribution in [0.1, 0.15) is 25.0 Å². The molecule has 1 aromatic heterocycles. The number of aromatic nitrogens is 1. The minimum atomic E-state index is -0.245. The quantitative estimate of drug-likeness (QED) is 0.873. The molecular formula is C19H22N2O4. The number of ether oxygens (including phenoxy) is 3. The van der Waals surface area contributed by atoms with E-state index in [1.807, 2.05) is 38.1 Å². The SMILES string of the molecule is COc1ccc(CNC(=O)COc2cccc3c2OC(C)(C)C3)cn1. The van der Waals surface area contributed by atoms with Gasteiger partial charge in [-0.1, -0.05) is 18.2 Å². The Labute approximate surface area is 147 Å². The van der Waals surface area contributed by atoms with E-state index in [9.17, 15) is 4.79 Å². The summed E-state index contributed by atoms with van der Waals surface area (Å²) < 4.78 is 16.6. The van der Waals surface area contributed by atoms with Gasteiger partial charge in [0.05, 0.1) is 7.11 Å². The Morgan fingerprint density at radius 2 is 2.16 bits per heavy atom. The minimum Gasteiger partial charge on any atom is -0.483 e. The lowest BCUT2D eigenvalue weighted by molar-refractivity contribution is -0.123. The molecule has 0 radical (unpaired) electrons. The predicted molar refractivity (Wildman–Crippen MR) is 93.0 cm³/mol. The maximum absolute atomic E-state index is 12.0. The van der Waals surface area contributed by atoms with Gasteiger partial charge < -0.3 is 19.5 Å². The van der Waals surface area contributed by atoms with Crippen molar-refractivity contribution in [1.29, 1.82) is 0 Å². The van der Waals surface area contributed by atoms with E-state index in [2.05, 4.69) is 10.3 Å². The number of benzene rings is 1. The Hall–Kier alpha value is -2.76. The van der Waals surface area contributed by atoms with Gasteiger partial charge in [0.1, 0.15) is 5.60 Å². The van der Waals surface area contributed by atoms with Crippen LogP contribution in [0.2, 0.25) is 0 Å². The smallest absolute Gasteiger partial charge is 0.258 e. The second-order valence-corrected chi connectivity index (χ2v) is 6.56. The summed E-state index contributed by atoms with van der Waals surface area (Å²) in [6.07, 6.45) is 2.50. The number of fused-ring (bicyclic) bond motifs is 1. The number of para-hydroxylation sites is 1. The Balaban J connectivity index is 1.52. The van der Waals surface area contributed by atoms with Crippen LogP contribution in [0.4, 0.5) is 0 Å². The lowest BCUT2D eigenvalue weighted by Gasteiger charge is -2.18. The van der Waals surface area contributed by atoms with Crippen LogP contribution >= 0.6 is 0 Å². The van der Waals surface area contributed by atoms with E-state index in [-0.39, 0.29) is 18.1 Å². The first-order chi connectivity index (χ1) is 12.0. The zero-order valence-corrected chi connectivity index (χ0v) is 14.7. The van der Waals surface area contributed by atoms with E-state index in [0.717, 1.165) is 23.3 Å². The number of amides is 1. The summed E-state index contributed by atoms with van der Waals surface area (Å²) in [5.41, 5.74) is 1.75. The third kappa shape index (κ3) is 4.21. The lowest BCUT2D eigenvalue weighted by atomic mass is 10.0. The van der Waals surface area contributed by atoms with Crippen molar-refractivity contribution in [1.82, 2.24) is 10.3 Å². The van der Waals surface area contributed by atoms with Crippen LogP contribution in [-0.4, -0.2) is 30.2 Å². The number of carbonyl (C=O) groups is 1. The summed E-state index contributed by atoms with van der Waals surface area (Å²) >= 11 is 0. The normalized spacial score (nSPS) is 14.4. The van der Waals surface area contributed by atoms with E-state index < -0.39 is 0 Å². The van der Waals surface area contributed by atoms with E-state index in [0.29, 0.717) is 18.2 Å². The van der Waals surface area contributed by atoms with Gasteiger partial charge >= 0.3 is 0 Å². The molecule has 0 saturated carbocycles. The average Bonchev–Trinajstić information content (AvgIpc) is 2.93. The molecule has 0 fully saturated rings. The number of pyridine rings is 1. The molecule has 0 aliphatic carbocycles. The second kappa shape index (κ2) is 7.01. The van der Waals surface area contributed by atoms with Crippen LogP contribution in [0.3, 0.4) is 0 Å². The van der Waals surface area contributed by atoms with Crippen LogP contribution in [0, 0.1) is 0 Å². The molecule has 6 heteroatoms. The molecule has 1 aromatic carbocycles. The standard InChI is InChI=1S/C19H22N2O4/c1-19(2)9-14-5-4-6-15(18(14)25-19)24-12-16(22)20-10-13-7-8-17(23-3)21-11-13/h4-8,11H,9-10,12H2,1-3H3,(H,20,22). The Morgan fingerprint density at radius 3 is 2.88 bits per heavy atom. The van der Waals surface area contributed by atoms with Crippen molar-refractivity contribution in [3.05, 3.63) is 47.7 Å². The number of hydrogen-bond donors (Lipinski definition) is 1. The fourth-order valence-corrected chi connectivity index (χ4v) is 2.73. The number of methoxy groups -OCH3 is 1. The van der Waals surface area contributed by atoms with Gasteiger partial charge in [0.15, 0.2) is 18.1 Å². The maximum atomic E-state index is 12.0. The first-order valence-electron chi connectivity index (χ1n) is 8.16. The van der Waals surface area contributed by atoms with Crippen molar-refractivity contribution in [3.8, 4) is 17.4 Å². The first-order valence-corrected chi connectivity index (χ1v) is 8.16. The van der Waals surface area contributed by atoms with Crippen LogP contribution in [0.25, 0.3) is 0 Å². The van der Waals surface area contributed by atoms with Gasteiger partial charge in [-0.3, -0.25) is 4.79 Å². The molecule has 0 spiro atoms. The highest BCUT2D eigenvalue weighted by Gasteiger charge is 2.32. The number of nitrogens with one attached hydrogen (secondary N) is 1. The highest BCUT2D eigenvalue weighted by Crippen LogP contribution is 2.41. The van der Waals surface area contributed by atoms with Gasteiger partial charge in [0.2, 0.25) is 5.88 Å². The highest BCUT2D eigenvalue weighted by atomic mass is 16.5. The molecule has 3 rings (SSSR count). The van der Waals surface area contributed by atoms with Crippen molar-refractivity contribution in [3.63, 3.8) is 0 Å². The maximum Gasteiger partial charge on any atom is 0.258 e. The Kier molecular flexibility index (Phi) is 4.79. The summed E-state index contributed by atoms with van der Waals surface area (Å²) in [7, 11) is 1.56. The summed E-state index contributed by atoms with van der Waals surface area (Å²) in [6, 6.07) is 9.37. The van der Waals surface area contributed by atoms with Gasteiger partial charge in [0, 0.05) is 30.8 Å². The molecule has 0 saturated heterocycles. The van der Waals surface area contributed by atoms with Crippen molar-refractivity contribution in [2.24, 2.45) is 0 Å². The Bertz CT molecular complexity index is 757. The molecule has 0 unspecified atom stereocenters. The van der Waals surface area contributed by atoms with Crippen molar-refractivity contribution in [2.75, 3.05) is 13.7 Å². The number of carbonyl (C=O) groups excluding carboxylic acids is 1. The predicted octanol–water partition coefficient (Wildman–Crippen LogP) is 2.50. The van der Waals surface area contributed by atoms with Crippen LogP contribution in [-0.2, 0) is 17.8 Å². The van der Waals surface area contributed by atoms with Crippen molar-refractivity contribution < 1.29 is 19.0 Å². The topological polar surface area (TPSA) is 69.7 Å². The molecule has 2 aromatic rings. The van der Waals surface area contributed by atoms with Gasteiger partial charge in [-0.05, 0) is 25.5 Å². The molecule has 1 N–H and O–H groups in total. The summed E-state index contributed by atoms with van der Waals surface area (Å²) in [5.74, 6) is 1.67. The molecule has 6 nitrogen and oxygen atoms in total. The number of nitrogens with zero attached hydrogens (tertiary/aromatic N) is 1. The van der Waals surface area contributed by atoms with Gasteiger partial charge in [-0.25, -0.2) is 4.98 Å². The molecule has 1 aliphatic rings. The molecule has 132 valence electrons. The molecule has 0 bridgehead atoms. The van der Waals surface area contributed by atoms with Gasteiger partial charge in [-0.2, -0.15) is 0 Å². The molecule has 1 amide bonds. The highest BCUT2D eigenvalue weighted by molar-refractivity contribution is 5.77. The zero-order chi connectivity index (χ0) is 17.9. The van der Waals surface area contributed by atoms with Crippen LogP contribution in [0.15, 0.2) is 36.5 Å². The number of rotatable bonds is 6. The van der Waals surface area contributed by atoms with E-state index in [4.69, 9.17) is 14.2 Å². The molecule has 0 atom stereocenters. The van der Waals surface area contributed by atoms with E-state index >= 15 is 0 Å².